The SMILES string of the molecule is C#Cc1nc(Nc2ccc(Oc3ccccc3)c(Cl)c2)c2ccc(OC)cc2n1.C1CC2NCC12. The zero-order valence-corrected chi connectivity index (χ0v) is 20.0. The Balaban J connectivity index is 0.000000362. The van der Waals surface area contributed by atoms with Gasteiger partial charge in [0, 0.05) is 23.2 Å². The van der Waals surface area contributed by atoms with Crippen molar-refractivity contribution in [3.63, 3.8) is 0 Å². The fraction of sp³-hybridized carbons (Fsp3) is 0.214. The van der Waals surface area contributed by atoms with E-state index in [1.807, 2.05) is 54.6 Å². The molecule has 0 radical (unpaired) electrons. The van der Waals surface area contributed by atoms with Gasteiger partial charge < -0.3 is 20.1 Å². The Kier molecular flexibility index (Phi) is 6.71. The molecule has 0 amide bonds. The maximum Gasteiger partial charge on any atom is 0.207 e. The highest BCUT2D eigenvalue weighted by Crippen LogP contribution is 2.34. The highest BCUT2D eigenvalue weighted by atomic mass is 35.5. The van der Waals surface area contributed by atoms with Crippen molar-refractivity contribution in [3.05, 3.63) is 77.6 Å². The number of nitrogens with zero attached hydrogens (tertiary/aromatic N) is 2. The van der Waals surface area contributed by atoms with Crippen molar-refractivity contribution in [3.8, 4) is 29.6 Å². The molecule has 2 atom stereocenters. The highest BCUT2D eigenvalue weighted by molar-refractivity contribution is 6.32. The Morgan fingerprint density at radius 1 is 1.03 bits per heavy atom. The number of ether oxygens (including phenoxy) is 2. The molecular weight excluding hydrogens is 460 g/mol. The molecule has 2 N–H and O–H groups in total. The molecule has 2 fully saturated rings. The van der Waals surface area contributed by atoms with Crippen molar-refractivity contribution in [2.75, 3.05) is 19.0 Å². The van der Waals surface area contributed by atoms with Crippen LogP contribution in [0, 0.1) is 18.3 Å². The van der Waals surface area contributed by atoms with Gasteiger partial charge in [-0.15, -0.1) is 6.42 Å². The molecule has 1 aliphatic carbocycles. The smallest absolute Gasteiger partial charge is 0.207 e. The Hall–Kier alpha value is -3.79. The Bertz CT molecular complexity index is 1370. The van der Waals surface area contributed by atoms with E-state index in [1.54, 1.807) is 19.2 Å². The summed E-state index contributed by atoms with van der Waals surface area (Å²) in [4.78, 5) is 8.79. The van der Waals surface area contributed by atoms with E-state index < -0.39 is 0 Å². The minimum Gasteiger partial charge on any atom is -0.497 e. The summed E-state index contributed by atoms with van der Waals surface area (Å²) in [6, 6.07) is 21.4. The summed E-state index contributed by atoms with van der Waals surface area (Å²) >= 11 is 6.42. The van der Waals surface area contributed by atoms with Gasteiger partial charge in [-0.05, 0) is 73.7 Å². The molecule has 2 unspecified atom stereocenters. The van der Waals surface area contributed by atoms with E-state index in [0.717, 1.165) is 23.0 Å². The minimum absolute atomic E-state index is 0.281. The number of piperidine rings is 1. The minimum atomic E-state index is 0.281. The van der Waals surface area contributed by atoms with Gasteiger partial charge >= 0.3 is 0 Å². The van der Waals surface area contributed by atoms with Gasteiger partial charge in [0.05, 0.1) is 17.6 Å². The molecule has 1 saturated carbocycles. The zero-order chi connectivity index (χ0) is 24.2. The van der Waals surface area contributed by atoms with Gasteiger partial charge in [0.1, 0.15) is 23.1 Å². The number of rotatable bonds is 5. The number of hydrogen-bond acceptors (Lipinski definition) is 6. The van der Waals surface area contributed by atoms with Gasteiger partial charge in [-0.3, -0.25) is 0 Å². The molecule has 176 valence electrons. The molecule has 1 aromatic heterocycles. The predicted molar refractivity (Wildman–Crippen MR) is 140 cm³/mol. The van der Waals surface area contributed by atoms with Crippen LogP contribution in [0.2, 0.25) is 5.02 Å². The largest absolute Gasteiger partial charge is 0.497 e. The number of aromatic nitrogens is 2. The third-order valence-electron chi connectivity index (χ3n) is 6.26. The molecule has 6 nitrogen and oxygen atoms in total. The molecule has 1 aliphatic heterocycles. The van der Waals surface area contributed by atoms with E-state index in [1.165, 1.54) is 19.4 Å². The predicted octanol–water partition coefficient (Wildman–Crippen LogP) is 6.18. The summed E-state index contributed by atoms with van der Waals surface area (Å²) in [5.41, 5.74) is 1.43. The standard InChI is InChI=1S/C23H16ClN3O2.C5H9N/c1-3-22-26-20-14-17(28-2)10-11-18(20)23(27-22)25-15-9-12-21(19(24)13-15)29-16-7-5-4-6-8-16;1-2-5-4(1)3-6-5/h1,4-14H,2H3,(H,25,26,27);4-6H,1-3H2. The van der Waals surface area contributed by atoms with E-state index >= 15 is 0 Å². The van der Waals surface area contributed by atoms with Crippen LogP contribution in [-0.2, 0) is 0 Å². The fourth-order valence-corrected chi connectivity index (χ4v) is 4.25. The number of para-hydroxylation sites is 1. The topological polar surface area (TPSA) is 68.3 Å². The Morgan fingerprint density at radius 2 is 1.86 bits per heavy atom. The third kappa shape index (κ3) is 5.17. The van der Waals surface area contributed by atoms with Crippen LogP contribution in [0.25, 0.3) is 10.9 Å². The van der Waals surface area contributed by atoms with Crippen LogP contribution < -0.4 is 20.1 Å². The highest BCUT2D eigenvalue weighted by Gasteiger charge is 2.37. The van der Waals surface area contributed by atoms with E-state index in [-0.39, 0.29) is 5.82 Å². The van der Waals surface area contributed by atoms with Gasteiger partial charge in [-0.25, -0.2) is 9.97 Å². The van der Waals surface area contributed by atoms with E-state index in [0.29, 0.717) is 33.6 Å². The number of hydrogen-bond donors (Lipinski definition) is 2. The van der Waals surface area contributed by atoms with Crippen molar-refractivity contribution >= 4 is 34.0 Å². The van der Waals surface area contributed by atoms with Crippen LogP contribution in [0.15, 0.2) is 66.7 Å². The van der Waals surface area contributed by atoms with Crippen molar-refractivity contribution in [2.45, 2.75) is 18.9 Å². The first-order chi connectivity index (χ1) is 17.1. The van der Waals surface area contributed by atoms with Gasteiger partial charge in [-0.1, -0.05) is 29.8 Å². The van der Waals surface area contributed by atoms with Crippen LogP contribution in [0.3, 0.4) is 0 Å². The number of benzene rings is 3. The number of fused-ring (bicyclic) bond motifs is 2. The molecule has 0 bridgehead atoms. The second-order valence-electron chi connectivity index (χ2n) is 8.46. The summed E-state index contributed by atoms with van der Waals surface area (Å²) in [7, 11) is 1.60. The van der Waals surface area contributed by atoms with Gasteiger partial charge in [-0.2, -0.15) is 0 Å². The average Bonchev–Trinajstić information content (AvgIpc) is 2.88. The summed E-state index contributed by atoms with van der Waals surface area (Å²) in [5, 5.41) is 7.89. The zero-order valence-electron chi connectivity index (χ0n) is 19.3. The first-order valence-corrected chi connectivity index (χ1v) is 11.9. The summed E-state index contributed by atoms with van der Waals surface area (Å²) in [6.07, 6.45) is 8.47. The lowest BCUT2D eigenvalue weighted by molar-refractivity contribution is 0.111. The maximum atomic E-state index is 6.42. The second-order valence-corrected chi connectivity index (χ2v) is 8.87. The maximum absolute atomic E-state index is 6.42. The number of halogens is 1. The van der Waals surface area contributed by atoms with Crippen LogP contribution >= 0.6 is 11.6 Å². The molecule has 6 rings (SSSR count). The third-order valence-corrected chi connectivity index (χ3v) is 6.55. The molecular formula is C28H25ClN4O2. The van der Waals surface area contributed by atoms with Crippen molar-refractivity contribution < 1.29 is 9.47 Å². The van der Waals surface area contributed by atoms with Crippen LogP contribution in [0.5, 0.6) is 17.2 Å². The summed E-state index contributed by atoms with van der Waals surface area (Å²) < 4.78 is 11.1. The average molecular weight is 485 g/mol. The lowest BCUT2D eigenvalue weighted by atomic mass is 9.74. The Morgan fingerprint density at radius 3 is 2.46 bits per heavy atom. The lowest BCUT2D eigenvalue weighted by Gasteiger charge is -2.47. The molecule has 4 aromatic rings. The van der Waals surface area contributed by atoms with Gasteiger partial charge in [0.25, 0.3) is 0 Å². The molecule has 1 saturated heterocycles. The van der Waals surface area contributed by atoms with Crippen LogP contribution in [-0.4, -0.2) is 29.7 Å². The first-order valence-electron chi connectivity index (χ1n) is 11.5. The van der Waals surface area contributed by atoms with Gasteiger partial charge in [0.15, 0.2) is 0 Å². The summed E-state index contributed by atoms with van der Waals surface area (Å²) in [6.45, 7) is 1.31. The van der Waals surface area contributed by atoms with E-state index in [2.05, 4.69) is 26.5 Å². The fourth-order valence-electron chi connectivity index (χ4n) is 4.03. The number of nitrogens with one attached hydrogen (secondary N) is 2. The molecule has 3 aromatic carbocycles. The normalized spacial score (nSPS) is 17.5. The van der Waals surface area contributed by atoms with Crippen molar-refractivity contribution in [1.82, 2.24) is 15.3 Å². The molecule has 7 heteroatoms. The quantitative estimate of drug-likeness (QED) is 0.330. The van der Waals surface area contributed by atoms with E-state index in [9.17, 15) is 0 Å². The Labute approximate surface area is 209 Å². The van der Waals surface area contributed by atoms with Crippen LogP contribution in [0.4, 0.5) is 11.5 Å². The number of anilines is 2. The second kappa shape index (κ2) is 10.2. The van der Waals surface area contributed by atoms with Crippen LogP contribution in [0.1, 0.15) is 18.7 Å². The molecule has 2 aliphatic rings. The molecule has 2 heterocycles. The van der Waals surface area contributed by atoms with Gasteiger partial charge in [0.2, 0.25) is 5.82 Å². The first kappa shape index (κ1) is 23.0. The van der Waals surface area contributed by atoms with Crippen molar-refractivity contribution in [2.24, 2.45) is 5.92 Å². The summed E-state index contributed by atoms with van der Waals surface area (Å²) in [5.74, 6) is 6.41. The molecule has 0 spiro atoms. The number of methoxy groups -OCH3 is 1. The lowest BCUT2D eigenvalue weighted by Crippen LogP contribution is -2.59. The number of terminal acetylenes is 1. The van der Waals surface area contributed by atoms with E-state index in [4.69, 9.17) is 27.5 Å². The van der Waals surface area contributed by atoms with Crippen molar-refractivity contribution in [1.29, 1.82) is 0 Å². The monoisotopic (exact) mass is 484 g/mol. The molecule has 35 heavy (non-hydrogen) atoms.